The zero-order valence-electron chi connectivity index (χ0n) is 9.61. The van der Waals surface area contributed by atoms with E-state index in [-0.39, 0.29) is 5.56 Å². The smallest absolute Gasteiger partial charge is 0.337 e. The summed E-state index contributed by atoms with van der Waals surface area (Å²) in [5, 5.41) is 14.1. The first-order valence-corrected chi connectivity index (χ1v) is 6.92. The van der Waals surface area contributed by atoms with Crippen LogP contribution in [0.5, 0.6) is 0 Å². The van der Waals surface area contributed by atoms with Crippen molar-refractivity contribution in [2.75, 3.05) is 5.32 Å². The summed E-state index contributed by atoms with van der Waals surface area (Å²) in [6.45, 7) is 2.35. The molecule has 0 amide bonds. The highest BCUT2D eigenvalue weighted by Crippen LogP contribution is 2.23. The first kappa shape index (κ1) is 13.0. The third kappa shape index (κ3) is 2.88. The SMILES string of the molecule is Cc1nc(NCc2sccc2Br)ccc1C(=O)O. The van der Waals surface area contributed by atoms with Crippen LogP contribution >= 0.6 is 27.3 Å². The summed E-state index contributed by atoms with van der Waals surface area (Å²) in [6, 6.07) is 5.24. The summed E-state index contributed by atoms with van der Waals surface area (Å²) in [4.78, 5) is 16.3. The molecule has 6 heteroatoms. The summed E-state index contributed by atoms with van der Waals surface area (Å²) >= 11 is 5.11. The lowest BCUT2D eigenvalue weighted by molar-refractivity contribution is 0.0695. The summed E-state index contributed by atoms with van der Waals surface area (Å²) in [6.07, 6.45) is 0. The van der Waals surface area contributed by atoms with Crippen molar-refractivity contribution in [1.82, 2.24) is 4.98 Å². The topological polar surface area (TPSA) is 62.2 Å². The normalized spacial score (nSPS) is 10.3. The Labute approximate surface area is 117 Å². The van der Waals surface area contributed by atoms with E-state index in [1.807, 2.05) is 11.4 Å². The molecule has 0 saturated carbocycles. The number of anilines is 1. The van der Waals surface area contributed by atoms with Gasteiger partial charge in [-0.3, -0.25) is 0 Å². The number of hydrogen-bond acceptors (Lipinski definition) is 4. The summed E-state index contributed by atoms with van der Waals surface area (Å²) in [7, 11) is 0. The fourth-order valence-electron chi connectivity index (χ4n) is 1.51. The number of aromatic carboxylic acids is 1. The van der Waals surface area contributed by atoms with Crippen LogP contribution in [0.15, 0.2) is 28.1 Å². The molecule has 0 unspecified atom stereocenters. The summed E-state index contributed by atoms with van der Waals surface area (Å²) in [5.41, 5.74) is 0.746. The van der Waals surface area contributed by atoms with E-state index < -0.39 is 5.97 Å². The second-order valence-electron chi connectivity index (χ2n) is 3.68. The highest BCUT2D eigenvalue weighted by atomic mass is 79.9. The molecule has 0 bridgehead atoms. The third-order valence-corrected chi connectivity index (χ3v) is 4.36. The Kier molecular flexibility index (Phi) is 3.98. The molecule has 2 rings (SSSR count). The van der Waals surface area contributed by atoms with Gasteiger partial charge >= 0.3 is 5.97 Å². The fraction of sp³-hybridized carbons (Fsp3) is 0.167. The predicted octanol–water partition coefficient (Wildman–Crippen LogP) is 3.52. The fourth-order valence-corrected chi connectivity index (χ4v) is 2.94. The Morgan fingerprint density at radius 2 is 2.28 bits per heavy atom. The highest BCUT2D eigenvalue weighted by molar-refractivity contribution is 9.10. The second-order valence-corrected chi connectivity index (χ2v) is 5.53. The zero-order valence-corrected chi connectivity index (χ0v) is 12.0. The van der Waals surface area contributed by atoms with Crippen molar-refractivity contribution in [3.63, 3.8) is 0 Å². The molecule has 2 heterocycles. The van der Waals surface area contributed by atoms with E-state index in [0.29, 0.717) is 18.1 Å². The van der Waals surface area contributed by atoms with E-state index in [9.17, 15) is 4.79 Å². The number of rotatable bonds is 4. The molecule has 0 atom stereocenters. The third-order valence-electron chi connectivity index (χ3n) is 2.44. The van der Waals surface area contributed by atoms with Gasteiger partial charge in [-0.2, -0.15) is 0 Å². The molecule has 94 valence electrons. The molecule has 0 saturated heterocycles. The number of aromatic nitrogens is 1. The van der Waals surface area contributed by atoms with Crippen LogP contribution < -0.4 is 5.32 Å². The Morgan fingerprint density at radius 1 is 1.50 bits per heavy atom. The molecule has 18 heavy (non-hydrogen) atoms. The van der Waals surface area contributed by atoms with Gasteiger partial charge in [-0.25, -0.2) is 9.78 Å². The van der Waals surface area contributed by atoms with Crippen molar-refractivity contribution >= 4 is 39.1 Å². The van der Waals surface area contributed by atoms with E-state index in [1.165, 1.54) is 4.88 Å². The second kappa shape index (κ2) is 5.49. The molecule has 0 aromatic carbocycles. The minimum Gasteiger partial charge on any atom is -0.478 e. The molecular weight excluding hydrogens is 316 g/mol. The Hall–Kier alpha value is -1.40. The van der Waals surface area contributed by atoms with Crippen LogP contribution in [0.3, 0.4) is 0 Å². The number of pyridine rings is 1. The van der Waals surface area contributed by atoms with Gasteiger partial charge in [0.05, 0.1) is 17.8 Å². The van der Waals surface area contributed by atoms with Gasteiger partial charge < -0.3 is 10.4 Å². The summed E-state index contributed by atoms with van der Waals surface area (Å²) in [5.74, 6) is -0.273. The molecule has 2 aromatic heterocycles. The highest BCUT2D eigenvalue weighted by Gasteiger charge is 2.08. The van der Waals surface area contributed by atoms with Crippen molar-refractivity contribution < 1.29 is 9.90 Å². The van der Waals surface area contributed by atoms with Gasteiger partial charge in [0, 0.05) is 9.35 Å². The first-order valence-electron chi connectivity index (χ1n) is 5.24. The van der Waals surface area contributed by atoms with Crippen LogP contribution in [-0.4, -0.2) is 16.1 Å². The van der Waals surface area contributed by atoms with Gasteiger partial charge in [0.2, 0.25) is 0 Å². The largest absolute Gasteiger partial charge is 0.478 e. The number of halogens is 1. The number of nitrogens with one attached hydrogen (secondary N) is 1. The van der Waals surface area contributed by atoms with Crippen molar-refractivity contribution in [1.29, 1.82) is 0 Å². The number of nitrogens with zero attached hydrogens (tertiary/aromatic N) is 1. The molecule has 0 spiro atoms. The maximum atomic E-state index is 10.9. The number of carboxylic acid groups (broad SMARTS) is 1. The lowest BCUT2D eigenvalue weighted by Gasteiger charge is -2.07. The predicted molar refractivity (Wildman–Crippen MR) is 75.3 cm³/mol. The molecule has 2 aromatic rings. The molecule has 4 nitrogen and oxygen atoms in total. The van der Waals surface area contributed by atoms with E-state index in [4.69, 9.17) is 5.11 Å². The Morgan fingerprint density at radius 3 is 2.83 bits per heavy atom. The van der Waals surface area contributed by atoms with Gasteiger partial charge in [-0.1, -0.05) is 0 Å². The molecular formula is C12H11BrN2O2S. The molecule has 2 N–H and O–H groups in total. The minimum atomic E-state index is -0.951. The maximum absolute atomic E-state index is 10.9. The van der Waals surface area contributed by atoms with Crippen LogP contribution in [0.2, 0.25) is 0 Å². The number of carbonyl (C=O) groups is 1. The average molecular weight is 327 g/mol. The van der Waals surface area contributed by atoms with Crippen LogP contribution in [0, 0.1) is 6.92 Å². The van der Waals surface area contributed by atoms with Gasteiger partial charge in [0.25, 0.3) is 0 Å². The van der Waals surface area contributed by atoms with Crippen LogP contribution in [0.25, 0.3) is 0 Å². The van der Waals surface area contributed by atoms with E-state index in [0.717, 1.165) is 4.47 Å². The van der Waals surface area contributed by atoms with Crippen molar-refractivity contribution in [2.24, 2.45) is 0 Å². The maximum Gasteiger partial charge on any atom is 0.337 e. The van der Waals surface area contributed by atoms with E-state index in [1.54, 1.807) is 30.4 Å². The first-order chi connectivity index (χ1) is 8.58. The quantitative estimate of drug-likeness (QED) is 0.902. The minimum absolute atomic E-state index is 0.234. The number of thiophene rings is 1. The monoisotopic (exact) mass is 326 g/mol. The Bertz CT molecular complexity index is 583. The van der Waals surface area contributed by atoms with Gasteiger partial charge in [0.1, 0.15) is 5.82 Å². The standard InChI is InChI=1S/C12H11BrN2O2S/c1-7-8(12(16)17)2-3-11(15-7)14-6-10-9(13)4-5-18-10/h2-5H,6H2,1H3,(H,14,15)(H,16,17). The lowest BCUT2D eigenvalue weighted by Crippen LogP contribution is -2.05. The van der Waals surface area contributed by atoms with E-state index in [2.05, 4.69) is 26.2 Å². The van der Waals surface area contributed by atoms with Crippen LogP contribution in [-0.2, 0) is 6.54 Å². The lowest BCUT2D eigenvalue weighted by atomic mass is 10.2. The van der Waals surface area contributed by atoms with Gasteiger partial charge in [-0.15, -0.1) is 11.3 Å². The van der Waals surface area contributed by atoms with Crippen LogP contribution in [0.1, 0.15) is 20.9 Å². The number of carboxylic acids is 1. The van der Waals surface area contributed by atoms with Gasteiger partial charge in [0.15, 0.2) is 0 Å². The molecule has 0 radical (unpaired) electrons. The zero-order chi connectivity index (χ0) is 13.1. The van der Waals surface area contributed by atoms with E-state index >= 15 is 0 Å². The van der Waals surface area contributed by atoms with Crippen molar-refractivity contribution in [3.05, 3.63) is 44.2 Å². The summed E-state index contributed by atoms with van der Waals surface area (Å²) < 4.78 is 1.07. The molecule has 0 aliphatic carbocycles. The molecule has 0 aliphatic rings. The molecule has 0 fully saturated rings. The average Bonchev–Trinajstić information content (AvgIpc) is 2.72. The van der Waals surface area contributed by atoms with Gasteiger partial charge in [-0.05, 0) is 46.4 Å². The van der Waals surface area contributed by atoms with Crippen molar-refractivity contribution in [3.8, 4) is 0 Å². The van der Waals surface area contributed by atoms with Crippen molar-refractivity contribution in [2.45, 2.75) is 13.5 Å². The molecule has 0 aliphatic heterocycles. The number of aryl methyl sites for hydroxylation is 1. The van der Waals surface area contributed by atoms with Crippen LogP contribution in [0.4, 0.5) is 5.82 Å². The number of hydrogen-bond donors (Lipinski definition) is 2. The Balaban J connectivity index is 2.09.